The Bertz CT molecular complexity index is 504. The first kappa shape index (κ1) is 9.02. The number of nitrogens with one attached hydrogen (secondary N) is 1. The highest BCUT2D eigenvalue weighted by molar-refractivity contribution is 7.71. The molecule has 2 aromatic rings. The van der Waals surface area contributed by atoms with Gasteiger partial charge in [0.05, 0.1) is 0 Å². The Hall–Kier alpha value is -1.55. The van der Waals surface area contributed by atoms with Gasteiger partial charge in [-0.25, -0.2) is 4.98 Å². The first-order valence-electron chi connectivity index (χ1n) is 4.24. The van der Waals surface area contributed by atoms with Crippen molar-refractivity contribution in [2.24, 2.45) is 0 Å². The topological polar surface area (TPSA) is 41.6 Å². The van der Waals surface area contributed by atoms with Crippen LogP contribution >= 0.6 is 12.2 Å². The number of pyridine rings is 1. The van der Waals surface area contributed by atoms with E-state index in [0.717, 1.165) is 17.0 Å². The van der Waals surface area contributed by atoms with Crippen LogP contribution in [0.3, 0.4) is 0 Å². The molecule has 0 saturated heterocycles. The zero-order valence-corrected chi connectivity index (χ0v) is 8.51. The van der Waals surface area contributed by atoms with E-state index < -0.39 is 0 Å². The molecule has 0 aliphatic heterocycles. The fraction of sp³-hybridized carbons (Fsp3) is 0.100. The molecule has 0 amide bonds. The van der Waals surface area contributed by atoms with Gasteiger partial charge >= 0.3 is 0 Å². The molecule has 2 aromatic heterocycles. The summed E-state index contributed by atoms with van der Waals surface area (Å²) in [5.41, 5.74) is 2.11. The fourth-order valence-corrected chi connectivity index (χ4v) is 1.38. The van der Waals surface area contributed by atoms with E-state index in [1.807, 2.05) is 13.0 Å². The number of aromatic nitrogens is 3. The normalized spacial score (nSPS) is 10.1. The third-order valence-corrected chi connectivity index (χ3v) is 2.20. The monoisotopic (exact) mass is 203 g/mol. The lowest BCUT2D eigenvalue weighted by atomic mass is 10.1. The van der Waals surface area contributed by atoms with Gasteiger partial charge in [-0.3, -0.25) is 4.98 Å². The van der Waals surface area contributed by atoms with Crippen molar-refractivity contribution in [1.29, 1.82) is 0 Å². The minimum absolute atomic E-state index is 0.679. The molecule has 0 atom stereocenters. The third-order valence-electron chi connectivity index (χ3n) is 1.97. The van der Waals surface area contributed by atoms with Crippen LogP contribution in [0.4, 0.5) is 0 Å². The van der Waals surface area contributed by atoms with Gasteiger partial charge < -0.3 is 4.98 Å². The summed E-state index contributed by atoms with van der Waals surface area (Å²) in [6, 6.07) is 3.70. The average molecular weight is 203 g/mol. The molecule has 2 heterocycles. The summed E-state index contributed by atoms with van der Waals surface area (Å²) < 4.78 is 0.679. The van der Waals surface area contributed by atoms with Gasteiger partial charge in [0.2, 0.25) is 0 Å². The number of H-pyrrole nitrogens is 1. The van der Waals surface area contributed by atoms with Crippen molar-refractivity contribution < 1.29 is 0 Å². The van der Waals surface area contributed by atoms with E-state index in [2.05, 4.69) is 15.0 Å². The molecule has 0 aliphatic rings. The van der Waals surface area contributed by atoms with Crippen molar-refractivity contribution in [2.75, 3.05) is 0 Å². The number of hydrogen-bond acceptors (Lipinski definition) is 3. The molecule has 0 spiro atoms. The Morgan fingerprint density at radius 1 is 1.29 bits per heavy atom. The maximum atomic E-state index is 5.03. The Morgan fingerprint density at radius 2 is 2.14 bits per heavy atom. The minimum Gasteiger partial charge on any atom is -0.331 e. The molecule has 0 saturated carbocycles. The van der Waals surface area contributed by atoms with Gasteiger partial charge in [0, 0.05) is 24.2 Å². The summed E-state index contributed by atoms with van der Waals surface area (Å²) in [4.78, 5) is 11.3. The Morgan fingerprint density at radius 3 is 2.86 bits per heavy atom. The highest BCUT2D eigenvalue weighted by Crippen LogP contribution is 2.16. The molecule has 4 heteroatoms. The molecule has 3 nitrogen and oxygen atoms in total. The highest BCUT2D eigenvalue weighted by atomic mass is 32.1. The second kappa shape index (κ2) is 3.67. The first-order valence-corrected chi connectivity index (χ1v) is 4.64. The van der Waals surface area contributed by atoms with Crippen molar-refractivity contribution in [2.45, 2.75) is 6.92 Å². The van der Waals surface area contributed by atoms with Crippen LogP contribution in [0.5, 0.6) is 0 Å². The SMILES string of the molecule is Cc1ccncc1-c1nccc(=S)[nH]1. The van der Waals surface area contributed by atoms with Gasteiger partial charge in [0.1, 0.15) is 10.5 Å². The molecule has 0 bridgehead atoms. The summed E-state index contributed by atoms with van der Waals surface area (Å²) in [6.45, 7) is 2.02. The van der Waals surface area contributed by atoms with E-state index in [4.69, 9.17) is 12.2 Å². The molecular formula is C10H9N3S. The molecule has 2 rings (SSSR count). The largest absolute Gasteiger partial charge is 0.331 e. The van der Waals surface area contributed by atoms with Gasteiger partial charge in [-0.1, -0.05) is 12.2 Å². The first-order chi connectivity index (χ1) is 6.77. The minimum atomic E-state index is 0.679. The molecular weight excluding hydrogens is 194 g/mol. The number of rotatable bonds is 1. The zero-order valence-electron chi connectivity index (χ0n) is 7.69. The summed E-state index contributed by atoms with van der Waals surface area (Å²) >= 11 is 5.03. The lowest BCUT2D eigenvalue weighted by molar-refractivity contribution is 1.14. The second-order valence-corrected chi connectivity index (χ2v) is 3.41. The van der Waals surface area contributed by atoms with Crippen molar-refractivity contribution in [3.63, 3.8) is 0 Å². The van der Waals surface area contributed by atoms with Crippen LogP contribution in [-0.4, -0.2) is 15.0 Å². The van der Waals surface area contributed by atoms with Crippen LogP contribution in [0.15, 0.2) is 30.7 Å². The number of aromatic amines is 1. The van der Waals surface area contributed by atoms with Gasteiger partial charge in [-0.15, -0.1) is 0 Å². The van der Waals surface area contributed by atoms with Crippen molar-refractivity contribution in [3.05, 3.63) is 40.9 Å². The molecule has 14 heavy (non-hydrogen) atoms. The molecule has 0 fully saturated rings. The van der Waals surface area contributed by atoms with Crippen molar-refractivity contribution in [3.8, 4) is 11.4 Å². The predicted molar refractivity (Wildman–Crippen MR) is 57.4 cm³/mol. The van der Waals surface area contributed by atoms with E-state index in [0.29, 0.717) is 4.64 Å². The average Bonchev–Trinajstić information content (AvgIpc) is 2.18. The fourth-order valence-electron chi connectivity index (χ4n) is 1.22. The van der Waals surface area contributed by atoms with E-state index in [9.17, 15) is 0 Å². The molecule has 1 N–H and O–H groups in total. The summed E-state index contributed by atoms with van der Waals surface area (Å²) in [7, 11) is 0. The third kappa shape index (κ3) is 1.70. The number of nitrogens with zero attached hydrogens (tertiary/aromatic N) is 2. The molecule has 0 radical (unpaired) electrons. The summed E-state index contributed by atoms with van der Waals surface area (Å²) in [6.07, 6.45) is 5.24. The Balaban J connectivity index is 2.61. The molecule has 0 aliphatic carbocycles. The van der Waals surface area contributed by atoms with E-state index in [1.54, 1.807) is 24.7 Å². The van der Waals surface area contributed by atoms with Crippen molar-refractivity contribution in [1.82, 2.24) is 15.0 Å². The van der Waals surface area contributed by atoms with Crippen LogP contribution < -0.4 is 0 Å². The van der Waals surface area contributed by atoms with Gasteiger partial charge in [0.25, 0.3) is 0 Å². The van der Waals surface area contributed by atoms with E-state index in [-0.39, 0.29) is 0 Å². The maximum absolute atomic E-state index is 5.03. The highest BCUT2D eigenvalue weighted by Gasteiger charge is 2.01. The summed E-state index contributed by atoms with van der Waals surface area (Å²) in [5.74, 6) is 0.767. The summed E-state index contributed by atoms with van der Waals surface area (Å²) in [5, 5.41) is 0. The van der Waals surface area contributed by atoms with Crippen molar-refractivity contribution >= 4 is 12.2 Å². The molecule has 0 unspecified atom stereocenters. The second-order valence-electron chi connectivity index (χ2n) is 2.97. The van der Waals surface area contributed by atoms with E-state index in [1.165, 1.54) is 0 Å². The lowest BCUT2D eigenvalue weighted by Crippen LogP contribution is -1.91. The van der Waals surface area contributed by atoms with Gasteiger partial charge in [-0.05, 0) is 24.6 Å². The lowest BCUT2D eigenvalue weighted by Gasteiger charge is -2.02. The Labute approximate surface area is 86.9 Å². The van der Waals surface area contributed by atoms with E-state index >= 15 is 0 Å². The van der Waals surface area contributed by atoms with Gasteiger partial charge in [-0.2, -0.15) is 0 Å². The number of hydrogen-bond donors (Lipinski definition) is 1. The Kier molecular flexibility index (Phi) is 2.37. The quantitative estimate of drug-likeness (QED) is 0.724. The zero-order chi connectivity index (χ0) is 9.97. The molecule has 70 valence electrons. The smallest absolute Gasteiger partial charge is 0.140 e. The van der Waals surface area contributed by atoms with Crippen LogP contribution in [-0.2, 0) is 0 Å². The van der Waals surface area contributed by atoms with Crippen LogP contribution in [0.2, 0.25) is 0 Å². The standard InChI is InChI=1S/C10H9N3S/c1-7-2-4-11-6-8(7)10-12-5-3-9(14)13-10/h2-6H,1H3,(H,12,13,14). The van der Waals surface area contributed by atoms with Crippen LogP contribution in [0.1, 0.15) is 5.56 Å². The predicted octanol–water partition coefficient (Wildman–Crippen LogP) is 2.51. The molecule has 0 aromatic carbocycles. The number of aryl methyl sites for hydroxylation is 1. The van der Waals surface area contributed by atoms with Gasteiger partial charge in [0.15, 0.2) is 0 Å². The van der Waals surface area contributed by atoms with Crippen LogP contribution in [0, 0.1) is 11.6 Å². The maximum Gasteiger partial charge on any atom is 0.140 e. The van der Waals surface area contributed by atoms with Crippen LogP contribution in [0.25, 0.3) is 11.4 Å².